The molecule has 0 saturated carbocycles. The molecule has 2 fully saturated rings. The minimum atomic E-state index is -0.696. The molecular formula is C25H28N4O6. The lowest BCUT2D eigenvalue weighted by Gasteiger charge is -2.36. The van der Waals surface area contributed by atoms with Crippen LogP contribution in [0.3, 0.4) is 0 Å². The highest BCUT2D eigenvalue weighted by molar-refractivity contribution is 6.04. The number of piperazine rings is 1. The van der Waals surface area contributed by atoms with Gasteiger partial charge in [-0.05, 0) is 36.2 Å². The van der Waals surface area contributed by atoms with Gasteiger partial charge in [-0.25, -0.2) is 4.79 Å². The van der Waals surface area contributed by atoms with Gasteiger partial charge in [0.25, 0.3) is 5.91 Å². The summed E-state index contributed by atoms with van der Waals surface area (Å²) in [6.07, 6.45) is 0.477. The van der Waals surface area contributed by atoms with Crippen LogP contribution in [0.4, 0.5) is 10.5 Å². The number of benzene rings is 2. The Morgan fingerprint density at radius 1 is 1.06 bits per heavy atom. The van der Waals surface area contributed by atoms with Crippen LogP contribution in [0, 0.1) is 0 Å². The third-order valence-electron chi connectivity index (χ3n) is 6.58. The Hall–Kier alpha value is -3.95. The van der Waals surface area contributed by atoms with Gasteiger partial charge in [0, 0.05) is 44.4 Å². The van der Waals surface area contributed by atoms with Crippen LogP contribution in [0.15, 0.2) is 42.5 Å². The first-order valence-electron chi connectivity index (χ1n) is 11.7. The minimum Gasteiger partial charge on any atom is -0.497 e. The second kappa shape index (κ2) is 9.73. The predicted octanol–water partition coefficient (Wildman–Crippen LogP) is 1.97. The van der Waals surface area contributed by atoms with Crippen LogP contribution < -0.4 is 24.4 Å². The van der Waals surface area contributed by atoms with Crippen molar-refractivity contribution in [3.63, 3.8) is 0 Å². The number of hydrogen-bond donors (Lipinski definition) is 1. The van der Waals surface area contributed by atoms with Gasteiger partial charge in [0.2, 0.25) is 12.7 Å². The molecule has 1 N–H and O–H groups in total. The molecule has 5 rings (SSSR count). The van der Waals surface area contributed by atoms with Crippen molar-refractivity contribution in [2.24, 2.45) is 0 Å². The number of carbonyl (C=O) groups is 3. The smallest absolute Gasteiger partial charge is 0.325 e. The van der Waals surface area contributed by atoms with Crippen LogP contribution >= 0.6 is 0 Å². The topological polar surface area (TPSA) is 101 Å². The standard InChI is InChI=1S/C25H28N4O6/c1-33-19-4-2-3-18(14-19)27-9-11-28(12-10-27)23(30)8-6-20-24(31)29(25(32)26-20)15-17-5-7-21-22(13-17)35-16-34-21/h2-5,7,13-14,20H,6,8-12,15-16H2,1H3,(H,26,32)/t20-/m1/s1. The lowest BCUT2D eigenvalue weighted by atomic mass is 10.1. The lowest BCUT2D eigenvalue weighted by Crippen LogP contribution is -2.49. The number of anilines is 1. The summed E-state index contributed by atoms with van der Waals surface area (Å²) in [5.74, 6) is 1.72. The van der Waals surface area contributed by atoms with Crippen molar-refractivity contribution in [3.05, 3.63) is 48.0 Å². The van der Waals surface area contributed by atoms with E-state index in [-0.39, 0.29) is 38.0 Å². The number of rotatable bonds is 7. The average Bonchev–Trinajstić information content (AvgIpc) is 3.47. The van der Waals surface area contributed by atoms with Crippen molar-refractivity contribution >= 4 is 23.5 Å². The van der Waals surface area contributed by atoms with Crippen molar-refractivity contribution in [2.75, 3.05) is 45.0 Å². The summed E-state index contributed by atoms with van der Waals surface area (Å²) in [4.78, 5) is 43.3. The van der Waals surface area contributed by atoms with Crippen LogP contribution in [0.25, 0.3) is 0 Å². The number of carbonyl (C=O) groups excluding carboxylic acids is 3. The van der Waals surface area contributed by atoms with E-state index in [1.54, 1.807) is 25.3 Å². The first-order valence-corrected chi connectivity index (χ1v) is 11.7. The number of hydrogen-bond acceptors (Lipinski definition) is 7. The molecule has 35 heavy (non-hydrogen) atoms. The molecule has 1 atom stereocenters. The van der Waals surface area contributed by atoms with Gasteiger partial charge in [0.1, 0.15) is 11.8 Å². The maximum absolute atomic E-state index is 12.8. The molecule has 3 heterocycles. The molecule has 0 unspecified atom stereocenters. The van der Waals surface area contributed by atoms with Crippen LogP contribution in [-0.4, -0.2) is 73.8 Å². The Balaban J connectivity index is 1.11. The van der Waals surface area contributed by atoms with E-state index in [2.05, 4.69) is 10.2 Å². The van der Waals surface area contributed by atoms with E-state index in [4.69, 9.17) is 14.2 Å². The fourth-order valence-electron chi connectivity index (χ4n) is 4.59. The number of methoxy groups -OCH3 is 1. The maximum Gasteiger partial charge on any atom is 0.325 e. The quantitative estimate of drug-likeness (QED) is 0.605. The molecule has 3 aliphatic rings. The third kappa shape index (κ3) is 4.82. The Bertz CT molecular complexity index is 1130. The van der Waals surface area contributed by atoms with Gasteiger partial charge in [0.15, 0.2) is 11.5 Å². The van der Waals surface area contributed by atoms with Gasteiger partial charge in [-0.2, -0.15) is 0 Å². The van der Waals surface area contributed by atoms with Crippen LogP contribution in [-0.2, 0) is 16.1 Å². The van der Waals surface area contributed by atoms with E-state index in [1.807, 2.05) is 29.2 Å². The Kier molecular flexibility index (Phi) is 6.35. The normalized spacial score (nSPS) is 19.2. The van der Waals surface area contributed by atoms with E-state index in [9.17, 15) is 14.4 Å². The highest BCUT2D eigenvalue weighted by atomic mass is 16.7. The highest BCUT2D eigenvalue weighted by Crippen LogP contribution is 2.33. The molecule has 184 valence electrons. The van der Waals surface area contributed by atoms with Crippen molar-refractivity contribution in [2.45, 2.75) is 25.4 Å². The van der Waals surface area contributed by atoms with Gasteiger partial charge >= 0.3 is 6.03 Å². The van der Waals surface area contributed by atoms with Gasteiger partial charge in [-0.1, -0.05) is 12.1 Å². The highest BCUT2D eigenvalue weighted by Gasteiger charge is 2.38. The molecule has 0 aliphatic carbocycles. The van der Waals surface area contributed by atoms with E-state index in [0.29, 0.717) is 24.6 Å². The van der Waals surface area contributed by atoms with Gasteiger partial charge < -0.3 is 29.3 Å². The maximum atomic E-state index is 12.8. The Labute approximate surface area is 203 Å². The van der Waals surface area contributed by atoms with Crippen molar-refractivity contribution in [1.82, 2.24) is 15.1 Å². The molecule has 10 nitrogen and oxygen atoms in total. The van der Waals surface area contributed by atoms with Crippen LogP contribution in [0.1, 0.15) is 18.4 Å². The van der Waals surface area contributed by atoms with Crippen LogP contribution in [0.5, 0.6) is 17.2 Å². The first kappa shape index (κ1) is 22.8. The zero-order chi connectivity index (χ0) is 24.4. The number of fused-ring (bicyclic) bond motifs is 1. The van der Waals surface area contributed by atoms with E-state index in [1.165, 1.54) is 4.90 Å². The fraction of sp³-hybridized carbons (Fsp3) is 0.400. The number of nitrogens with zero attached hydrogens (tertiary/aromatic N) is 3. The summed E-state index contributed by atoms with van der Waals surface area (Å²) in [6.45, 7) is 2.96. The molecule has 2 saturated heterocycles. The molecule has 10 heteroatoms. The molecule has 2 aromatic rings. The number of ether oxygens (including phenoxy) is 3. The van der Waals surface area contributed by atoms with E-state index < -0.39 is 12.1 Å². The monoisotopic (exact) mass is 480 g/mol. The van der Waals surface area contributed by atoms with Crippen molar-refractivity contribution < 1.29 is 28.6 Å². The molecule has 0 spiro atoms. The summed E-state index contributed by atoms with van der Waals surface area (Å²) in [5, 5.41) is 2.71. The molecule has 2 aromatic carbocycles. The summed E-state index contributed by atoms with van der Waals surface area (Å²) >= 11 is 0. The molecule has 0 bridgehead atoms. The largest absolute Gasteiger partial charge is 0.497 e. The van der Waals surface area contributed by atoms with Crippen molar-refractivity contribution in [3.8, 4) is 17.2 Å². The van der Waals surface area contributed by atoms with Gasteiger partial charge in [0.05, 0.1) is 13.7 Å². The minimum absolute atomic E-state index is 0.00781. The number of nitrogens with one attached hydrogen (secondary N) is 1. The van der Waals surface area contributed by atoms with E-state index in [0.717, 1.165) is 30.1 Å². The molecule has 4 amide bonds. The molecule has 0 aromatic heterocycles. The Morgan fingerprint density at radius 2 is 1.86 bits per heavy atom. The molecule has 0 radical (unpaired) electrons. The number of urea groups is 1. The third-order valence-corrected chi connectivity index (χ3v) is 6.58. The number of imide groups is 1. The first-order chi connectivity index (χ1) is 17.0. The van der Waals surface area contributed by atoms with Crippen LogP contribution in [0.2, 0.25) is 0 Å². The average molecular weight is 481 g/mol. The number of amides is 4. The van der Waals surface area contributed by atoms with E-state index >= 15 is 0 Å². The molecule has 3 aliphatic heterocycles. The SMILES string of the molecule is COc1cccc(N2CCN(C(=O)CC[C@H]3NC(=O)N(Cc4ccc5c(c4)OCO5)C3=O)CC2)c1. The van der Waals surface area contributed by atoms with Gasteiger partial charge in [-0.15, -0.1) is 0 Å². The molecular weight excluding hydrogens is 452 g/mol. The Morgan fingerprint density at radius 3 is 2.66 bits per heavy atom. The predicted molar refractivity (Wildman–Crippen MR) is 126 cm³/mol. The summed E-state index contributed by atoms with van der Waals surface area (Å²) in [5.41, 5.74) is 1.83. The summed E-state index contributed by atoms with van der Waals surface area (Å²) in [7, 11) is 1.64. The second-order valence-corrected chi connectivity index (χ2v) is 8.72. The van der Waals surface area contributed by atoms with Crippen molar-refractivity contribution in [1.29, 1.82) is 0 Å². The second-order valence-electron chi connectivity index (χ2n) is 8.72. The fourth-order valence-corrected chi connectivity index (χ4v) is 4.59. The van der Waals surface area contributed by atoms with Gasteiger partial charge in [-0.3, -0.25) is 14.5 Å². The zero-order valence-corrected chi connectivity index (χ0v) is 19.6. The lowest BCUT2D eigenvalue weighted by molar-refractivity contribution is -0.132. The zero-order valence-electron chi connectivity index (χ0n) is 19.6. The summed E-state index contributed by atoms with van der Waals surface area (Å²) < 4.78 is 16.0. The summed E-state index contributed by atoms with van der Waals surface area (Å²) in [6, 6.07) is 12.1.